The molecule has 3 heterocycles. The van der Waals surface area contributed by atoms with E-state index in [4.69, 9.17) is 10.5 Å². The lowest BCUT2D eigenvalue weighted by atomic mass is 10.1. The molecule has 2 aliphatic rings. The van der Waals surface area contributed by atoms with Gasteiger partial charge in [-0.05, 0) is 36.8 Å². The van der Waals surface area contributed by atoms with Gasteiger partial charge in [-0.15, -0.1) is 0 Å². The number of aromatic nitrogens is 1. The second-order valence-electron chi connectivity index (χ2n) is 8.20. The van der Waals surface area contributed by atoms with Crippen LogP contribution in [0, 0.1) is 0 Å². The first kappa shape index (κ1) is 23.2. The molecule has 10 nitrogen and oxygen atoms in total. The van der Waals surface area contributed by atoms with E-state index in [-0.39, 0.29) is 23.4 Å². The maximum atomic E-state index is 12.7. The summed E-state index contributed by atoms with van der Waals surface area (Å²) < 4.78 is 5.30. The normalized spacial score (nSPS) is 17.8. The van der Waals surface area contributed by atoms with Gasteiger partial charge in [0.05, 0.1) is 24.5 Å². The lowest BCUT2D eigenvalue weighted by molar-refractivity contribution is -0.117. The first-order chi connectivity index (χ1) is 16.4. The molecular weight excluding hydrogens is 436 g/mol. The van der Waals surface area contributed by atoms with Crippen molar-refractivity contribution in [3.63, 3.8) is 0 Å². The average molecular weight is 465 g/mol. The Morgan fingerprint density at radius 1 is 1.15 bits per heavy atom. The van der Waals surface area contributed by atoms with E-state index in [1.165, 1.54) is 12.3 Å². The molecule has 0 unspecified atom stereocenters. The van der Waals surface area contributed by atoms with Gasteiger partial charge in [0.25, 0.3) is 11.8 Å². The minimum atomic E-state index is -0.599. The number of nitrogens with two attached hydrogens (primary N) is 1. The van der Waals surface area contributed by atoms with E-state index in [0.717, 1.165) is 6.42 Å². The molecular formula is C24H28N6O4. The number of anilines is 3. The third-order valence-electron chi connectivity index (χ3n) is 5.91. The van der Waals surface area contributed by atoms with Crippen LogP contribution in [0.3, 0.4) is 0 Å². The van der Waals surface area contributed by atoms with Gasteiger partial charge in [0.2, 0.25) is 5.91 Å². The van der Waals surface area contributed by atoms with Gasteiger partial charge in [0.15, 0.2) is 0 Å². The molecule has 34 heavy (non-hydrogen) atoms. The van der Waals surface area contributed by atoms with Crippen LogP contribution in [0.4, 0.5) is 17.2 Å². The van der Waals surface area contributed by atoms with Gasteiger partial charge in [0.1, 0.15) is 5.82 Å². The van der Waals surface area contributed by atoms with Crippen LogP contribution in [0.1, 0.15) is 27.1 Å². The maximum Gasteiger partial charge on any atom is 0.254 e. The largest absolute Gasteiger partial charge is 0.378 e. The van der Waals surface area contributed by atoms with Crippen LogP contribution in [0.2, 0.25) is 0 Å². The van der Waals surface area contributed by atoms with Crippen molar-refractivity contribution in [2.45, 2.75) is 12.5 Å². The Labute approximate surface area is 197 Å². The van der Waals surface area contributed by atoms with Gasteiger partial charge in [-0.25, -0.2) is 4.98 Å². The standard InChI is InChI=1S/C24H28N6O4/c1-2-22(31)28-18-7-8-30(15-18)21-13-20(19(14-26-21)23(25)32)27-17-5-3-16(4-6-17)24(33)29-9-11-34-12-10-29/h2-6,13-14,18H,1,7-12,15H2,(H2,25,32)(H,26,27)(H,28,31)/t18-/m0/s1. The molecule has 178 valence electrons. The molecule has 1 atom stereocenters. The van der Waals surface area contributed by atoms with Crippen molar-refractivity contribution in [1.29, 1.82) is 0 Å². The molecule has 3 amide bonds. The van der Waals surface area contributed by atoms with E-state index in [2.05, 4.69) is 22.2 Å². The van der Waals surface area contributed by atoms with Crippen molar-refractivity contribution < 1.29 is 19.1 Å². The molecule has 0 bridgehead atoms. The molecule has 2 aromatic rings. The third kappa shape index (κ3) is 5.34. The first-order valence-electron chi connectivity index (χ1n) is 11.2. The van der Waals surface area contributed by atoms with Crippen molar-refractivity contribution in [1.82, 2.24) is 15.2 Å². The van der Waals surface area contributed by atoms with Crippen molar-refractivity contribution in [3.05, 3.63) is 60.3 Å². The fourth-order valence-electron chi connectivity index (χ4n) is 4.06. The number of carbonyl (C=O) groups excluding carboxylic acids is 3. The maximum absolute atomic E-state index is 12.7. The number of hydrogen-bond donors (Lipinski definition) is 3. The van der Waals surface area contributed by atoms with E-state index >= 15 is 0 Å². The molecule has 10 heteroatoms. The van der Waals surface area contributed by atoms with Gasteiger partial charge in [-0.1, -0.05) is 6.58 Å². The topological polar surface area (TPSA) is 130 Å². The van der Waals surface area contributed by atoms with Crippen LogP contribution in [-0.2, 0) is 9.53 Å². The quantitative estimate of drug-likeness (QED) is 0.526. The van der Waals surface area contributed by atoms with Crippen LogP contribution in [0.15, 0.2) is 49.2 Å². The Hall–Kier alpha value is -3.92. The zero-order chi connectivity index (χ0) is 24.1. The summed E-state index contributed by atoms with van der Waals surface area (Å²) in [5.74, 6) is -0.173. The second-order valence-corrected chi connectivity index (χ2v) is 8.20. The number of primary amides is 1. The van der Waals surface area contributed by atoms with Crippen molar-refractivity contribution in [2.24, 2.45) is 5.73 Å². The number of nitrogens with zero attached hydrogens (tertiary/aromatic N) is 3. The van der Waals surface area contributed by atoms with E-state index in [0.29, 0.717) is 62.1 Å². The highest BCUT2D eigenvalue weighted by Crippen LogP contribution is 2.27. The average Bonchev–Trinajstić information content (AvgIpc) is 3.32. The van der Waals surface area contributed by atoms with E-state index in [9.17, 15) is 14.4 Å². The van der Waals surface area contributed by atoms with Crippen molar-refractivity contribution >= 4 is 34.9 Å². The number of rotatable bonds is 7. The molecule has 0 aliphatic carbocycles. The summed E-state index contributed by atoms with van der Waals surface area (Å²) in [4.78, 5) is 44.4. The van der Waals surface area contributed by atoms with Crippen LogP contribution in [0.5, 0.6) is 0 Å². The van der Waals surface area contributed by atoms with Gasteiger partial charge < -0.3 is 30.9 Å². The molecule has 0 radical (unpaired) electrons. The number of hydrogen-bond acceptors (Lipinski definition) is 7. The summed E-state index contributed by atoms with van der Waals surface area (Å²) in [6.45, 7) is 7.04. The van der Waals surface area contributed by atoms with E-state index in [1.54, 1.807) is 35.2 Å². The second kappa shape index (κ2) is 10.3. The predicted octanol–water partition coefficient (Wildman–Crippen LogP) is 1.28. The number of carbonyl (C=O) groups is 3. The summed E-state index contributed by atoms with van der Waals surface area (Å²) in [6, 6.07) is 8.84. The monoisotopic (exact) mass is 464 g/mol. The van der Waals surface area contributed by atoms with Gasteiger partial charge >= 0.3 is 0 Å². The SMILES string of the molecule is C=CC(=O)N[C@H]1CCN(c2cc(Nc3ccc(C(=O)N4CCOCC4)cc3)c(C(N)=O)cn2)C1. The highest BCUT2D eigenvalue weighted by atomic mass is 16.5. The predicted molar refractivity (Wildman–Crippen MR) is 128 cm³/mol. The molecule has 4 N–H and O–H groups in total. The number of nitrogens with one attached hydrogen (secondary N) is 2. The molecule has 2 saturated heterocycles. The van der Waals surface area contributed by atoms with Crippen molar-refractivity contribution in [3.8, 4) is 0 Å². The summed E-state index contributed by atoms with van der Waals surface area (Å²) in [5.41, 5.74) is 7.63. The minimum Gasteiger partial charge on any atom is -0.378 e. The summed E-state index contributed by atoms with van der Waals surface area (Å²) in [6.07, 6.45) is 3.48. The van der Waals surface area contributed by atoms with Crippen LogP contribution in [-0.4, -0.2) is 73.0 Å². The highest BCUT2D eigenvalue weighted by molar-refractivity contribution is 5.99. The van der Waals surface area contributed by atoms with Crippen LogP contribution in [0.25, 0.3) is 0 Å². The molecule has 1 aromatic heterocycles. The summed E-state index contributed by atoms with van der Waals surface area (Å²) in [7, 11) is 0. The number of benzene rings is 1. The molecule has 0 spiro atoms. The van der Waals surface area contributed by atoms with Gasteiger partial charge in [-0.3, -0.25) is 14.4 Å². The molecule has 2 fully saturated rings. The Bertz CT molecular complexity index is 1080. The number of pyridine rings is 1. The Kier molecular flexibility index (Phi) is 7.07. The van der Waals surface area contributed by atoms with Gasteiger partial charge in [-0.2, -0.15) is 0 Å². The lowest BCUT2D eigenvalue weighted by Gasteiger charge is -2.26. The number of morpholine rings is 1. The summed E-state index contributed by atoms with van der Waals surface area (Å²) in [5, 5.41) is 6.12. The molecule has 2 aliphatic heterocycles. The third-order valence-corrected chi connectivity index (χ3v) is 5.91. The van der Waals surface area contributed by atoms with Crippen molar-refractivity contribution in [2.75, 3.05) is 49.6 Å². The first-order valence-corrected chi connectivity index (χ1v) is 11.2. The zero-order valence-corrected chi connectivity index (χ0v) is 18.8. The smallest absolute Gasteiger partial charge is 0.254 e. The lowest BCUT2D eigenvalue weighted by Crippen LogP contribution is -2.40. The van der Waals surface area contributed by atoms with Crippen LogP contribution < -0.4 is 21.3 Å². The van der Waals surface area contributed by atoms with E-state index in [1.807, 2.05) is 4.90 Å². The van der Waals surface area contributed by atoms with E-state index < -0.39 is 5.91 Å². The Balaban J connectivity index is 1.48. The number of ether oxygens (including phenoxy) is 1. The van der Waals surface area contributed by atoms with Gasteiger partial charge in [0, 0.05) is 55.7 Å². The highest BCUT2D eigenvalue weighted by Gasteiger charge is 2.25. The Morgan fingerprint density at radius 3 is 2.56 bits per heavy atom. The fraction of sp³-hybridized carbons (Fsp3) is 0.333. The zero-order valence-electron chi connectivity index (χ0n) is 18.8. The van der Waals surface area contributed by atoms with Crippen LogP contribution >= 0.6 is 0 Å². The molecule has 4 rings (SSSR count). The molecule has 0 saturated carbocycles. The summed E-state index contributed by atoms with van der Waals surface area (Å²) >= 11 is 0. The fourth-order valence-corrected chi connectivity index (χ4v) is 4.06. The number of amides is 3. The minimum absolute atomic E-state index is 0.00364. The molecule has 1 aromatic carbocycles. The Morgan fingerprint density at radius 2 is 1.88 bits per heavy atom.